The van der Waals surface area contributed by atoms with Crippen LogP contribution in [0.5, 0.6) is 0 Å². The van der Waals surface area contributed by atoms with Gasteiger partial charge in [-0.25, -0.2) is 9.97 Å². The van der Waals surface area contributed by atoms with Gasteiger partial charge in [-0.05, 0) is 6.92 Å². The number of aryl methyl sites for hydroxylation is 1. The number of aromatic nitrogens is 2. The largest absolute Gasteiger partial charge is 0.392 e. The highest BCUT2D eigenvalue weighted by atomic mass is 35.5. The molecule has 15 heavy (non-hydrogen) atoms. The summed E-state index contributed by atoms with van der Waals surface area (Å²) in [7, 11) is 1.87. The molecule has 0 fully saturated rings. The lowest BCUT2D eigenvalue weighted by atomic mass is 10.3. The van der Waals surface area contributed by atoms with Crippen molar-refractivity contribution in [3.63, 3.8) is 0 Å². The van der Waals surface area contributed by atoms with Crippen LogP contribution in [0.4, 0.5) is 5.82 Å². The Morgan fingerprint density at radius 1 is 1.53 bits per heavy atom. The second-order valence-corrected chi connectivity index (χ2v) is 3.94. The van der Waals surface area contributed by atoms with Crippen molar-refractivity contribution in [1.82, 2.24) is 9.97 Å². The van der Waals surface area contributed by atoms with Gasteiger partial charge in [0.2, 0.25) is 0 Å². The molecule has 1 N–H and O–H groups in total. The number of anilines is 1. The van der Waals surface area contributed by atoms with Crippen LogP contribution in [0.2, 0.25) is 5.15 Å². The number of hydrogen-bond acceptors (Lipinski definition) is 4. The average molecular weight is 230 g/mol. The first-order chi connectivity index (χ1) is 7.02. The van der Waals surface area contributed by atoms with Gasteiger partial charge in [0.1, 0.15) is 16.8 Å². The molecule has 1 aromatic heterocycles. The van der Waals surface area contributed by atoms with Gasteiger partial charge in [0.05, 0.1) is 6.10 Å². The van der Waals surface area contributed by atoms with E-state index in [0.29, 0.717) is 11.7 Å². The average Bonchev–Trinajstić information content (AvgIpc) is 2.15. The minimum atomic E-state index is -0.395. The predicted octanol–water partition coefficient (Wildman–Crippen LogP) is 1.51. The molecule has 0 saturated carbocycles. The van der Waals surface area contributed by atoms with Crippen molar-refractivity contribution in [2.75, 3.05) is 18.5 Å². The summed E-state index contributed by atoms with van der Waals surface area (Å²) in [6.45, 7) is 4.24. The molecule has 84 valence electrons. The van der Waals surface area contributed by atoms with Gasteiger partial charge in [0.25, 0.3) is 0 Å². The molecule has 0 aliphatic carbocycles. The highest BCUT2D eigenvalue weighted by Crippen LogP contribution is 2.15. The fraction of sp³-hybridized carbons (Fsp3) is 0.600. The highest BCUT2D eigenvalue weighted by Gasteiger charge is 2.08. The summed E-state index contributed by atoms with van der Waals surface area (Å²) in [5.41, 5.74) is 0. The maximum atomic E-state index is 9.26. The van der Waals surface area contributed by atoms with E-state index in [9.17, 15) is 5.11 Å². The number of aliphatic hydroxyl groups is 1. The first kappa shape index (κ1) is 12.2. The molecular formula is C10H16ClN3O. The lowest BCUT2D eigenvalue weighted by Gasteiger charge is -2.20. The number of likely N-dealkylation sites (N-methyl/N-ethyl adjacent to an activating group) is 1. The highest BCUT2D eigenvalue weighted by molar-refractivity contribution is 6.29. The molecule has 5 heteroatoms. The van der Waals surface area contributed by atoms with Crippen LogP contribution in [-0.4, -0.2) is 34.8 Å². The summed E-state index contributed by atoms with van der Waals surface area (Å²) in [5, 5.41) is 9.70. The molecule has 0 spiro atoms. The van der Waals surface area contributed by atoms with E-state index in [1.54, 1.807) is 13.0 Å². The molecule has 0 aromatic carbocycles. The van der Waals surface area contributed by atoms with Gasteiger partial charge in [-0.2, -0.15) is 0 Å². The van der Waals surface area contributed by atoms with Crippen molar-refractivity contribution < 1.29 is 5.11 Å². The second kappa shape index (κ2) is 5.28. The van der Waals surface area contributed by atoms with Gasteiger partial charge in [-0.1, -0.05) is 18.5 Å². The van der Waals surface area contributed by atoms with Crippen LogP contribution in [0.1, 0.15) is 19.7 Å². The molecule has 0 radical (unpaired) electrons. The quantitative estimate of drug-likeness (QED) is 0.796. The minimum absolute atomic E-state index is 0.395. The van der Waals surface area contributed by atoms with Gasteiger partial charge >= 0.3 is 0 Å². The zero-order chi connectivity index (χ0) is 11.4. The zero-order valence-electron chi connectivity index (χ0n) is 9.24. The molecule has 1 heterocycles. The zero-order valence-corrected chi connectivity index (χ0v) is 9.99. The summed E-state index contributed by atoms with van der Waals surface area (Å²) >= 11 is 5.87. The molecule has 0 aliphatic heterocycles. The Labute approximate surface area is 94.9 Å². The first-order valence-corrected chi connectivity index (χ1v) is 5.33. The minimum Gasteiger partial charge on any atom is -0.392 e. The predicted molar refractivity (Wildman–Crippen MR) is 61.4 cm³/mol. The molecule has 0 saturated heterocycles. The molecule has 0 amide bonds. The maximum Gasteiger partial charge on any atom is 0.134 e. The summed E-state index contributed by atoms with van der Waals surface area (Å²) < 4.78 is 0. The lowest BCUT2D eigenvalue weighted by Crippen LogP contribution is -2.27. The van der Waals surface area contributed by atoms with Crippen molar-refractivity contribution in [2.24, 2.45) is 0 Å². The molecule has 0 bridgehead atoms. The number of aliphatic hydroxyl groups excluding tert-OH is 1. The Hall–Kier alpha value is -0.870. The van der Waals surface area contributed by atoms with Crippen LogP contribution in [0.15, 0.2) is 6.07 Å². The normalized spacial score (nSPS) is 12.6. The van der Waals surface area contributed by atoms with Crippen LogP contribution in [-0.2, 0) is 6.42 Å². The number of rotatable bonds is 4. The topological polar surface area (TPSA) is 49.2 Å². The summed E-state index contributed by atoms with van der Waals surface area (Å²) in [5.74, 6) is 1.46. The molecule has 1 rings (SSSR count). The third kappa shape index (κ3) is 3.64. The molecule has 1 aromatic rings. The third-order valence-electron chi connectivity index (χ3n) is 1.97. The van der Waals surface area contributed by atoms with Crippen molar-refractivity contribution in [3.05, 3.63) is 17.0 Å². The van der Waals surface area contributed by atoms with Gasteiger partial charge in [0, 0.05) is 26.1 Å². The van der Waals surface area contributed by atoms with E-state index in [-0.39, 0.29) is 0 Å². The fourth-order valence-corrected chi connectivity index (χ4v) is 1.49. The summed E-state index contributed by atoms with van der Waals surface area (Å²) in [6, 6.07) is 1.70. The van der Waals surface area contributed by atoms with Gasteiger partial charge in [-0.3, -0.25) is 0 Å². The Morgan fingerprint density at radius 3 is 2.73 bits per heavy atom. The number of nitrogens with zero attached hydrogens (tertiary/aromatic N) is 3. The molecule has 1 atom stereocenters. The Morgan fingerprint density at radius 2 is 2.20 bits per heavy atom. The Bertz CT molecular complexity index is 330. The number of hydrogen-bond donors (Lipinski definition) is 1. The van der Waals surface area contributed by atoms with Crippen LogP contribution in [0, 0.1) is 0 Å². The van der Waals surface area contributed by atoms with E-state index in [0.717, 1.165) is 18.1 Å². The maximum absolute atomic E-state index is 9.26. The van der Waals surface area contributed by atoms with Crippen molar-refractivity contribution in [2.45, 2.75) is 26.4 Å². The van der Waals surface area contributed by atoms with E-state index >= 15 is 0 Å². The van der Waals surface area contributed by atoms with Crippen molar-refractivity contribution >= 4 is 17.4 Å². The third-order valence-corrected chi connectivity index (χ3v) is 2.17. The monoisotopic (exact) mass is 229 g/mol. The number of halogens is 1. The van der Waals surface area contributed by atoms with Gasteiger partial charge < -0.3 is 10.0 Å². The summed E-state index contributed by atoms with van der Waals surface area (Å²) in [4.78, 5) is 10.3. The standard InChI is InChI=1S/C10H16ClN3O/c1-4-9-12-8(11)5-10(13-9)14(3)6-7(2)15/h5,7,15H,4,6H2,1-3H3. The fourth-order valence-electron chi connectivity index (χ4n) is 1.30. The van der Waals surface area contributed by atoms with Gasteiger partial charge in [-0.15, -0.1) is 0 Å². The molecular weight excluding hydrogens is 214 g/mol. The smallest absolute Gasteiger partial charge is 0.134 e. The van der Waals surface area contributed by atoms with Gasteiger partial charge in [0.15, 0.2) is 0 Å². The van der Waals surface area contributed by atoms with E-state index in [1.165, 1.54) is 0 Å². The van der Waals surface area contributed by atoms with E-state index in [2.05, 4.69) is 9.97 Å². The van der Waals surface area contributed by atoms with E-state index < -0.39 is 6.10 Å². The Kier molecular flexibility index (Phi) is 4.29. The van der Waals surface area contributed by atoms with Crippen LogP contribution in [0.3, 0.4) is 0 Å². The lowest BCUT2D eigenvalue weighted by molar-refractivity contribution is 0.201. The second-order valence-electron chi connectivity index (χ2n) is 3.55. The summed E-state index contributed by atoms with van der Waals surface area (Å²) in [6.07, 6.45) is 0.351. The van der Waals surface area contributed by atoms with Crippen LogP contribution < -0.4 is 4.90 Å². The SMILES string of the molecule is CCc1nc(Cl)cc(N(C)CC(C)O)n1. The van der Waals surface area contributed by atoms with Crippen LogP contribution in [0.25, 0.3) is 0 Å². The Balaban J connectivity index is 2.88. The van der Waals surface area contributed by atoms with E-state index in [4.69, 9.17) is 11.6 Å². The van der Waals surface area contributed by atoms with E-state index in [1.807, 2.05) is 18.9 Å². The molecule has 0 aliphatic rings. The van der Waals surface area contributed by atoms with Crippen LogP contribution >= 0.6 is 11.6 Å². The molecule has 4 nitrogen and oxygen atoms in total. The first-order valence-electron chi connectivity index (χ1n) is 4.95. The van der Waals surface area contributed by atoms with Crippen molar-refractivity contribution in [1.29, 1.82) is 0 Å². The van der Waals surface area contributed by atoms with Crippen molar-refractivity contribution in [3.8, 4) is 0 Å². The molecule has 1 unspecified atom stereocenters.